The maximum atomic E-state index is 12.8. The van der Waals surface area contributed by atoms with Crippen molar-refractivity contribution in [1.29, 1.82) is 0 Å². The van der Waals surface area contributed by atoms with E-state index in [9.17, 15) is 9.59 Å². The molecule has 2 amide bonds. The number of hydrogen-bond acceptors (Lipinski definition) is 4. The molecule has 0 saturated heterocycles. The first-order valence-electron chi connectivity index (χ1n) is 12.6. The minimum Gasteiger partial charge on any atom is -0.352 e. The molecule has 0 bridgehead atoms. The predicted octanol–water partition coefficient (Wildman–Crippen LogP) is 6.35. The standard InChI is InChI=1S/C27H33Cl2N5O2/c1-4-7-16(2)25(35)30-15-17-10-11-20(28)22(12-17)32-27-33-23-13-19(21(29)14-24(23)34(27)3)26(36)31-18-8-5-6-9-18/h10-14,16,18H,4-9,15H2,1-3H3,(H,30,35)(H,31,36)(H,32,33). The van der Waals surface area contributed by atoms with E-state index in [1.807, 2.05) is 30.7 Å². The average molecular weight is 531 g/mol. The Labute approximate surface area is 221 Å². The quantitative estimate of drug-likeness (QED) is 0.301. The fourth-order valence-corrected chi connectivity index (χ4v) is 5.07. The molecule has 192 valence electrons. The topological polar surface area (TPSA) is 88.1 Å². The molecule has 4 rings (SSSR count). The summed E-state index contributed by atoms with van der Waals surface area (Å²) in [6.07, 6.45) is 6.12. The van der Waals surface area contributed by atoms with Gasteiger partial charge in [0.25, 0.3) is 5.91 Å². The van der Waals surface area contributed by atoms with Gasteiger partial charge < -0.3 is 20.5 Å². The highest BCUT2D eigenvalue weighted by Gasteiger charge is 2.21. The third kappa shape index (κ3) is 5.95. The number of aryl methyl sites for hydroxylation is 1. The van der Waals surface area contributed by atoms with Crippen LogP contribution in [0.4, 0.5) is 11.6 Å². The predicted molar refractivity (Wildman–Crippen MR) is 146 cm³/mol. The normalized spacial score (nSPS) is 14.7. The van der Waals surface area contributed by atoms with Crippen molar-refractivity contribution in [3.63, 3.8) is 0 Å². The SMILES string of the molecule is CCCC(C)C(=O)NCc1ccc(Cl)c(Nc2nc3cc(C(=O)NC4CCCC4)c(Cl)cc3n2C)c1. The number of halogens is 2. The fraction of sp³-hybridized carbons (Fsp3) is 0.444. The molecular weight excluding hydrogens is 497 g/mol. The molecule has 3 aromatic rings. The minimum atomic E-state index is -0.167. The molecule has 9 heteroatoms. The van der Waals surface area contributed by atoms with Crippen molar-refractivity contribution < 1.29 is 9.59 Å². The van der Waals surface area contributed by atoms with Gasteiger partial charge in [0.1, 0.15) is 0 Å². The number of carbonyl (C=O) groups excluding carboxylic acids is 2. The lowest BCUT2D eigenvalue weighted by molar-refractivity contribution is -0.124. The summed E-state index contributed by atoms with van der Waals surface area (Å²) >= 11 is 13.0. The van der Waals surface area contributed by atoms with Gasteiger partial charge in [0.05, 0.1) is 32.3 Å². The van der Waals surface area contributed by atoms with E-state index in [-0.39, 0.29) is 23.8 Å². The number of carbonyl (C=O) groups is 2. The van der Waals surface area contributed by atoms with Crippen molar-refractivity contribution in [2.75, 3.05) is 5.32 Å². The van der Waals surface area contributed by atoms with Crippen LogP contribution in [-0.4, -0.2) is 27.4 Å². The van der Waals surface area contributed by atoms with Crippen molar-refractivity contribution in [3.8, 4) is 0 Å². The van der Waals surface area contributed by atoms with Gasteiger partial charge in [-0.1, -0.05) is 62.4 Å². The van der Waals surface area contributed by atoms with E-state index in [1.165, 1.54) is 0 Å². The third-order valence-corrected chi connectivity index (χ3v) is 7.46. The van der Waals surface area contributed by atoms with Crippen molar-refractivity contribution in [3.05, 3.63) is 51.5 Å². The second-order valence-corrected chi connectivity index (χ2v) is 10.4. The number of rotatable bonds is 9. The average Bonchev–Trinajstić information content (AvgIpc) is 3.47. The highest BCUT2D eigenvalue weighted by Crippen LogP contribution is 2.30. The zero-order chi connectivity index (χ0) is 25.8. The van der Waals surface area contributed by atoms with Gasteiger partial charge in [-0.2, -0.15) is 0 Å². The Kier molecular flexibility index (Phi) is 8.42. The monoisotopic (exact) mass is 529 g/mol. The van der Waals surface area contributed by atoms with Crippen molar-refractivity contribution in [2.24, 2.45) is 13.0 Å². The second kappa shape index (κ2) is 11.5. The second-order valence-electron chi connectivity index (χ2n) is 9.62. The molecule has 7 nitrogen and oxygen atoms in total. The molecule has 1 aromatic heterocycles. The number of benzene rings is 2. The van der Waals surface area contributed by atoms with E-state index in [1.54, 1.807) is 18.2 Å². The number of imidazole rings is 1. The maximum Gasteiger partial charge on any atom is 0.253 e. The Bertz CT molecular complexity index is 1270. The molecule has 0 spiro atoms. The van der Waals surface area contributed by atoms with Crippen molar-refractivity contribution in [2.45, 2.75) is 65.0 Å². The lowest BCUT2D eigenvalue weighted by atomic mass is 10.1. The van der Waals surface area contributed by atoms with Crippen LogP contribution < -0.4 is 16.0 Å². The number of fused-ring (bicyclic) bond motifs is 1. The number of nitrogens with zero attached hydrogens (tertiary/aromatic N) is 2. The van der Waals surface area contributed by atoms with Crippen LogP contribution in [0.15, 0.2) is 30.3 Å². The molecule has 3 N–H and O–H groups in total. The molecule has 1 unspecified atom stereocenters. The summed E-state index contributed by atoms with van der Waals surface area (Å²) < 4.78 is 1.87. The van der Waals surface area contributed by atoms with Gasteiger partial charge in [0.2, 0.25) is 11.9 Å². The molecule has 2 aromatic carbocycles. The highest BCUT2D eigenvalue weighted by molar-refractivity contribution is 6.34. The summed E-state index contributed by atoms with van der Waals surface area (Å²) in [5, 5.41) is 10.3. The fourth-order valence-electron chi connectivity index (χ4n) is 4.66. The molecule has 1 heterocycles. The van der Waals surface area contributed by atoms with E-state index in [0.29, 0.717) is 39.3 Å². The van der Waals surface area contributed by atoms with Crippen LogP contribution in [-0.2, 0) is 18.4 Å². The summed E-state index contributed by atoms with van der Waals surface area (Å²) in [5.41, 5.74) is 3.48. The number of nitrogens with one attached hydrogen (secondary N) is 3. The highest BCUT2D eigenvalue weighted by atomic mass is 35.5. The molecule has 1 aliphatic carbocycles. The van der Waals surface area contributed by atoms with E-state index in [0.717, 1.165) is 49.6 Å². The van der Waals surface area contributed by atoms with Crippen molar-refractivity contribution in [1.82, 2.24) is 20.2 Å². The van der Waals surface area contributed by atoms with Crippen LogP contribution in [0.5, 0.6) is 0 Å². The smallest absolute Gasteiger partial charge is 0.253 e. The Balaban J connectivity index is 1.52. The number of anilines is 2. The first-order valence-corrected chi connectivity index (χ1v) is 13.3. The van der Waals surface area contributed by atoms with Crippen LogP contribution in [0.1, 0.15) is 68.3 Å². The zero-order valence-electron chi connectivity index (χ0n) is 21.0. The lowest BCUT2D eigenvalue weighted by Gasteiger charge is -2.13. The molecule has 0 aliphatic heterocycles. The summed E-state index contributed by atoms with van der Waals surface area (Å²) in [5.74, 6) is 0.423. The Morgan fingerprint density at radius 3 is 2.61 bits per heavy atom. The van der Waals surface area contributed by atoms with Crippen molar-refractivity contribution >= 4 is 57.7 Å². The van der Waals surface area contributed by atoms with Gasteiger partial charge in [-0.25, -0.2) is 4.98 Å². The number of hydrogen-bond donors (Lipinski definition) is 3. The van der Waals surface area contributed by atoms with Gasteiger partial charge in [-0.3, -0.25) is 9.59 Å². The summed E-state index contributed by atoms with van der Waals surface area (Å²) in [7, 11) is 1.87. The van der Waals surface area contributed by atoms with Crippen LogP contribution in [0, 0.1) is 5.92 Å². The first kappa shape index (κ1) is 26.3. The summed E-state index contributed by atoms with van der Waals surface area (Å²) in [4.78, 5) is 29.8. The van der Waals surface area contributed by atoms with Gasteiger partial charge in [-0.15, -0.1) is 0 Å². The minimum absolute atomic E-state index is 0.0168. The number of amides is 2. The third-order valence-electron chi connectivity index (χ3n) is 6.82. The number of aromatic nitrogens is 2. The molecule has 1 atom stereocenters. The van der Waals surface area contributed by atoms with Crippen LogP contribution >= 0.6 is 23.2 Å². The summed E-state index contributed by atoms with van der Waals surface area (Å²) in [6, 6.07) is 9.30. The van der Waals surface area contributed by atoms with E-state index in [2.05, 4.69) is 22.9 Å². The van der Waals surface area contributed by atoms with Gasteiger partial charge in [0, 0.05) is 25.6 Å². The first-order chi connectivity index (χ1) is 17.3. The molecule has 1 fully saturated rings. The molecular formula is C27H33Cl2N5O2. The van der Waals surface area contributed by atoms with E-state index in [4.69, 9.17) is 28.2 Å². The molecule has 36 heavy (non-hydrogen) atoms. The Hall–Kier alpha value is -2.77. The van der Waals surface area contributed by atoms with E-state index < -0.39 is 0 Å². The molecule has 0 radical (unpaired) electrons. The Morgan fingerprint density at radius 1 is 1.14 bits per heavy atom. The van der Waals surface area contributed by atoms with Gasteiger partial charge in [-0.05, 0) is 49.1 Å². The zero-order valence-corrected chi connectivity index (χ0v) is 22.5. The van der Waals surface area contributed by atoms with Crippen LogP contribution in [0.2, 0.25) is 10.0 Å². The molecule has 1 saturated carbocycles. The van der Waals surface area contributed by atoms with Crippen LogP contribution in [0.25, 0.3) is 11.0 Å². The molecule has 1 aliphatic rings. The van der Waals surface area contributed by atoms with Crippen LogP contribution in [0.3, 0.4) is 0 Å². The Morgan fingerprint density at radius 2 is 1.89 bits per heavy atom. The largest absolute Gasteiger partial charge is 0.352 e. The van der Waals surface area contributed by atoms with E-state index >= 15 is 0 Å². The maximum absolute atomic E-state index is 12.8. The van der Waals surface area contributed by atoms with Gasteiger partial charge in [0.15, 0.2) is 0 Å². The lowest BCUT2D eigenvalue weighted by Crippen LogP contribution is -2.32. The van der Waals surface area contributed by atoms with Gasteiger partial charge >= 0.3 is 0 Å². The summed E-state index contributed by atoms with van der Waals surface area (Å²) in [6.45, 7) is 4.42.